The van der Waals surface area contributed by atoms with Crippen LogP contribution in [0.25, 0.3) is 22.2 Å². The molecule has 0 aliphatic heterocycles. The quantitative estimate of drug-likeness (QED) is 0.207. The molecule has 0 fully saturated rings. The van der Waals surface area contributed by atoms with Crippen LogP contribution in [0.15, 0.2) is 103 Å². The van der Waals surface area contributed by atoms with Crippen molar-refractivity contribution in [3.63, 3.8) is 0 Å². The van der Waals surface area contributed by atoms with E-state index < -0.39 is 0 Å². The number of aryl methyl sites for hydroxylation is 1. The monoisotopic (exact) mass is 462 g/mol. The number of para-hydroxylation sites is 4. The molecular formula is C31H30N2O2. The molecule has 4 nitrogen and oxygen atoms in total. The lowest BCUT2D eigenvalue weighted by Crippen LogP contribution is -2.07. The van der Waals surface area contributed by atoms with Gasteiger partial charge in [-0.25, -0.2) is 4.98 Å². The standard InChI is InChI=1S/C31H30N2O2/c1-34-29-15-7-8-16-30(29)35-22-10-9-21-33-28-14-6-5-13-27(28)32-31(33)23-24-17-19-26(20-18-24)25-11-3-2-4-12-25/h2-8,11-20H,9-10,21-23H2,1H3. The molecular weight excluding hydrogens is 432 g/mol. The molecule has 0 radical (unpaired) electrons. The third-order valence-corrected chi connectivity index (χ3v) is 6.26. The van der Waals surface area contributed by atoms with Crippen LogP contribution in [0.4, 0.5) is 0 Å². The van der Waals surface area contributed by atoms with Crippen LogP contribution < -0.4 is 9.47 Å². The number of benzene rings is 4. The lowest BCUT2D eigenvalue weighted by molar-refractivity contribution is 0.284. The molecule has 1 heterocycles. The predicted octanol–water partition coefficient (Wildman–Crippen LogP) is 7.16. The van der Waals surface area contributed by atoms with Crippen molar-refractivity contribution in [3.05, 3.63) is 115 Å². The molecule has 5 aromatic rings. The molecule has 0 atom stereocenters. The predicted molar refractivity (Wildman–Crippen MR) is 142 cm³/mol. The summed E-state index contributed by atoms with van der Waals surface area (Å²) in [5.74, 6) is 2.67. The van der Waals surface area contributed by atoms with Crippen LogP contribution in [0.2, 0.25) is 0 Å². The zero-order chi connectivity index (χ0) is 23.9. The van der Waals surface area contributed by atoms with E-state index in [1.54, 1.807) is 7.11 Å². The number of aromatic nitrogens is 2. The summed E-state index contributed by atoms with van der Waals surface area (Å²) < 4.78 is 13.7. The molecule has 0 aliphatic carbocycles. The van der Waals surface area contributed by atoms with E-state index in [1.807, 2.05) is 30.3 Å². The molecule has 35 heavy (non-hydrogen) atoms. The van der Waals surface area contributed by atoms with Gasteiger partial charge in [-0.05, 0) is 53.8 Å². The molecule has 0 bridgehead atoms. The van der Waals surface area contributed by atoms with Crippen molar-refractivity contribution >= 4 is 11.0 Å². The Hall–Kier alpha value is -4.05. The Labute approximate surface area is 206 Å². The van der Waals surface area contributed by atoms with Crippen LogP contribution in [-0.4, -0.2) is 23.3 Å². The largest absolute Gasteiger partial charge is 0.493 e. The second-order valence-corrected chi connectivity index (χ2v) is 8.61. The number of nitrogens with zero attached hydrogens (tertiary/aromatic N) is 2. The van der Waals surface area contributed by atoms with Gasteiger partial charge in [0.25, 0.3) is 0 Å². The van der Waals surface area contributed by atoms with Crippen molar-refractivity contribution < 1.29 is 9.47 Å². The van der Waals surface area contributed by atoms with Crippen LogP contribution in [0, 0.1) is 0 Å². The van der Waals surface area contributed by atoms with Gasteiger partial charge in [-0.2, -0.15) is 0 Å². The summed E-state index contributed by atoms with van der Waals surface area (Å²) in [6.45, 7) is 1.57. The molecule has 0 saturated heterocycles. The lowest BCUT2D eigenvalue weighted by atomic mass is 10.0. The Balaban J connectivity index is 1.26. The molecule has 0 unspecified atom stereocenters. The van der Waals surface area contributed by atoms with E-state index in [1.165, 1.54) is 22.2 Å². The SMILES string of the molecule is COc1ccccc1OCCCCn1c(Cc2ccc(-c3ccccc3)cc2)nc2ccccc21. The highest BCUT2D eigenvalue weighted by atomic mass is 16.5. The Bertz CT molecular complexity index is 1370. The van der Waals surface area contributed by atoms with E-state index >= 15 is 0 Å². The van der Waals surface area contributed by atoms with Crippen molar-refractivity contribution in [2.45, 2.75) is 25.8 Å². The second kappa shape index (κ2) is 10.9. The van der Waals surface area contributed by atoms with Gasteiger partial charge >= 0.3 is 0 Å². The Morgan fingerprint density at radius 3 is 2.17 bits per heavy atom. The molecule has 4 aromatic carbocycles. The molecule has 0 N–H and O–H groups in total. The highest BCUT2D eigenvalue weighted by molar-refractivity contribution is 5.76. The minimum atomic E-state index is 0.656. The molecule has 0 aliphatic rings. The maximum atomic E-state index is 5.96. The van der Waals surface area contributed by atoms with Crippen molar-refractivity contribution in [1.82, 2.24) is 9.55 Å². The number of imidazole rings is 1. The van der Waals surface area contributed by atoms with Crippen molar-refractivity contribution in [1.29, 1.82) is 0 Å². The van der Waals surface area contributed by atoms with Crippen LogP contribution in [0.1, 0.15) is 24.2 Å². The minimum Gasteiger partial charge on any atom is -0.493 e. The summed E-state index contributed by atoms with van der Waals surface area (Å²) in [5.41, 5.74) is 5.98. The number of hydrogen-bond acceptors (Lipinski definition) is 3. The first-order valence-electron chi connectivity index (χ1n) is 12.2. The minimum absolute atomic E-state index is 0.656. The maximum Gasteiger partial charge on any atom is 0.161 e. The summed E-state index contributed by atoms with van der Waals surface area (Å²) in [6.07, 6.45) is 2.77. The van der Waals surface area contributed by atoms with Gasteiger partial charge < -0.3 is 14.0 Å². The van der Waals surface area contributed by atoms with Crippen LogP contribution in [0.3, 0.4) is 0 Å². The average molecular weight is 463 g/mol. The van der Waals surface area contributed by atoms with Crippen LogP contribution in [0.5, 0.6) is 11.5 Å². The van der Waals surface area contributed by atoms with Gasteiger partial charge in [0.1, 0.15) is 5.82 Å². The topological polar surface area (TPSA) is 36.3 Å². The summed E-state index contributed by atoms with van der Waals surface area (Å²) in [4.78, 5) is 4.97. The number of hydrogen-bond donors (Lipinski definition) is 0. The smallest absolute Gasteiger partial charge is 0.161 e. The van der Waals surface area contributed by atoms with E-state index in [0.29, 0.717) is 6.61 Å². The first kappa shape index (κ1) is 22.7. The number of rotatable bonds is 10. The van der Waals surface area contributed by atoms with Gasteiger partial charge in [-0.15, -0.1) is 0 Å². The molecule has 1 aromatic heterocycles. The maximum absolute atomic E-state index is 5.96. The second-order valence-electron chi connectivity index (χ2n) is 8.61. The highest BCUT2D eigenvalue weighted by Crippen LogP contribution is 2.26. The van der Waals surface area contributed by atoms with E-state index in [-0.39, 0.29) is 0 Å². The highest BCUT2D eigenvalue weighted by Gasteiger charge is 2.11. The average Bonchev–Trinajstić information content (AvgIpc) is 3.26. The van der Waals surface area contributed by atoms with Gasteiger partial charge in [0.05, 0.1) is 24.8 Å². The Morgan fingerprint density at radius 1 is 0.686 bits per heavy atom. The van der Waals surface area contributed by atoms with E-state index in [0.717, 1.165) is 48.6 Å². The molecule has 176 valence electrons. The fourth-order valence-electron chi connectivity index (χ4n) is 4.43. The normalized spacial score (nSPS) is 11.0. The number of unbranched alkanes of at least 4 members (excludes halogenated alkanes) is 1. The third-order valence-electron chi connectivity index (χ3n) is 6.26. The summed E-state index contributed by atoms with van der Waals surface area (Å²) in [7, 11) is 1.67. The molecule has 4 heteroatoms. The fourth-order valence-corrected chi connectivity index (χ4v) is 4.43. The van der Waals surface area contributed by atoms with Gasteiger partial charge in [-0.3, -0.25) is 0 Å². The third kappa shape index (κ3) is 5.38. The fraction of sp³-hybridized carbons (Fsp3) is 0.194. The first-order valence-corrected chi connectivity index (χ1v) is 12.2. The van der Waals surface area contributed by atoms with Crippen LogP contribution in [-0.2, 0) is 13.0 Å². The number of fused-ring (bicyclic) bond motifs is 1. The van der Waals surface area contributed by atoms with Gasteiger partial charge in [-0.1, -0.05) is 78.9 Å². The zero-order valence-corrected chi connectivity index (χ0v) is 20.1. The zero-order valence-electron chi connectivity index (χ0n) is 20.1. The van der Waals surface area contributed by atoms with Crippen molar-refractivity contribution in [2.24, 2.45) is 0 Å². The van der Waals surface area contributed by atoms with Crippen molar-refractivity contribution in [2.75, 3.05) is 13.7 Å². The summed E-state index contributed by atoms with van der Waals surface area (Å²) in [6, 6.07) is 35.5. The van der Waals surface area contributed by atoms with E-state index in [9.17, 15) is 0 Å². The molecule has 0 saturated carbocycles. The van der Waals surface area contributed by atoms with E-state index in [2.05, 4.69) is 77.4 Å². The van der Waals surface area contributed by atoms with Gasteiger partial charge in [0.2, 0.25) is 0 Å². The number of methoxy groups -OCH3 is 1. The van der Waals surface area contributed by atoms with Crippen LogP contribution >= 0.6 is 0 Å². The Kier molecular flexibility index (Phi) is 7.09. The molecule has 5 rings (SSSR count). The molecule has 0 spiro atoms. The van der Waals surface area contributed by atoms with Gasteiger partial charge in [0, 0.05) is 13.0 Å². The number of ether oxygens (including phenoxy) is 2. The summed E-state index contributed by atoms with van der Waals surface area (Å²) in [5, 5.41) is 0. The summed E-state index contributed by atoms with van der Waals surface area (Å²) >= 11 is 0. The van der Waals surface area contributed by atoms with Gasteiger partial charge in [0.15, 0.2) is 11.5 Å². The van der Waals surface area contributed by atoms with Crippen molar-refractivity contribution in [3.8, 4) is 22.6 Å². The molecule has 0 amide bonds. The van der Waals surface area contributed by atoms with E-state index in [4.69, 9.17) is 14.5 Å². The lowest BCUT2D eigenvalue weighted by Gasteiger charge is -2.12. The Morgan fingerprint density at radius 2 is 1.37 bits per heavy atom. The first-order chi connectivity index (χ1) is 17.3.